The highest BCUT2D eigenvalue weighted by Gasteiger charge is 2.40. The lowest BCUT2D eigenvalue weighted by atomic mass is 9.87. The number of hydrogen-bond donors (Lipinski definition) is 1. The number of likely N-dealkylation sites (N-methyl/N-ethyl adjacent to an activating group) is 1. The smallest absolute Gasteiger partial charge is 0.139 e. The molecule has 2 unspecified atom stereocenters. The Bertz CT molecular complexity index is 487. The molecule has 0 bridgehead atoms. The molecule has 1 aliphatic heterocycles. The zero-order valence-corrected chi connectivity index (χ0v) is 14.4. The van der Waals surface area contributed by atoms with Crippen LogP contribution in [0.15, 0.2) is 12.1 Å². The summed E-state index contributed by atoms with van der Waals surface area (Å²) in [6.07, 6.45) is 2.08. The van der Waals surface area contributed by atoms with Crippen LogP contribution in [0.1, 0.15) is 45.2 Å². The molecule has 0 spiro atoms. The lowest BCUT2D eigenvalue weighted by Gasteiger charge is -2.35. The molecule has 1 heterocycles. The van der Waals surface area contributed by atoms with Crippen LogP contribution in [0.2, 0.25) is 10.0 Å². The minimum Gasteiger partial charge on any atom is -0.492 e. The Kier molecular flexibility index (Phi) is 5.78. The van der Waals surface area contributed by atoms with Gasteiger partial charge in [-0.3, -0.25) is 0 Å². The van der Waals surface area contributed by atoms with Crippen LogP contribution in [-0.2, 0) is 4.74 Å². The van der Waals surface area contributed by atoms with Crippen LogP contribution in [0, 0.1) is 0 Å². The monoisotopic (exact) mass is 331 g/mol. The van der Waals surface area contributed by atoms with E-state index in [1.165, 1.54) is 0 Å². The quantitative estimate of drug-likeness (QED) is 0.825. The van der Waals surface area contributed by atoms with E-state index in [1.54, 1.807) is 6.07 Å². The van der Waals surface area contributed by atoms with Crippen LogP contribution in [-0.4, -0.2) is 25.4 Å². The second-order valence-electron chi connectivity index (χ2n) is 5.49. The summed E-state index contributed by atoms with van der Waals surface area (Å²) in [6.45, 7) is 8.33. The van der Waals surface area contributed by atoms with E-state index in [-0.39, 0.29) is 11.6 Å². The lowest BCUT2D eigenvalue weighted by molar-refractivity contribution is -0.0120. The normalized spacial score (nSPS) is 23.3. The van der Waals surface area contributed by atoms with Gasteiger partial charge >= 0.3 is 0 Å². The van der Waals surface area contributed by atoms with Crippen molar-refractivity contribution in [2.45, 2.75) is 45.3 Å². The summed E-state index contributed by atoms with van der Waals surface area (Å²) >= 11 is 12.8. The first-order chi connectivity index (χ1) is 10.0. The minimum absolute atomic E-state index is 0.0191. The molecule has 5 heteroatoms. The highest BCUT2D eigenvalue weighted by molar-refractivity contribution is 6.34. The summed E-state index contributed by atoms with van der Waals surface area (Å²) in [7, 11) is 0. The molecule has 1 saturated heterocycles. The molecule has 1 aromatic carbocycles. The summed E-state index contributed by atoms with van der Waals surface area (Å²) in [5, 5.41) is 4.73. The van der Waals surface area contributed by atoms with E-state index in [0.29, 0.717) is 22.4 Å². The fourth-order valence-corrected chi connectivity index (χ4v) is 3.41. The van der Waals surface area contributed by atoms with Crippen molar-refractivity contribution in [2.24, 2.45) is 0 Å². The van der Waals surface area contributed by atoms with Gasteiger partial charge in [-0.25, -0.2) is 0 Å². The van der Waals surface area contributed by atoms with Crippen molar-refractivity contribution in [2.75, 3.05) is 19.8 Å². The first-order valence-electron chi connectivity index (χ1n) is 7.51. The predicted octanol–water partition coefficient (Wildman–Crippen LogP) is 4.61. The average molecular weight is 332 g/mol. The predicted molar refractivity (Wildman–Crippen MR) is 87.6 cm³/mol. The Morgan fingerprint density at radius 3 is 2.67 bits per heavy atom. The van der Waals surface area contributed by atoms with Crippen molar-refractivity contribution >= 4 is 23.2 Å². The number of benzene rings is 1. The van der Waals surface area contributed by atoms with Gasteiger partial charge in [-0.2, -0.15) is 0 Å². The molecule has 1 N–H and O–H groups in total. The Morgan fingerprint density at radius 1 is 1.33 bits per heavy atom. The van der Waals surface area contributed by atoms with Crippen molar-refractivity contribution in [3.05, 3.63) is 27.7 Å². The maximum atomic E-state index is 6.47. The van der Waals surface area contributed by atoms with Gasteiger partial charge in [-0.1, -0.05) is 30.1 Å². The molecular weight excluding hydrogens is 309 g/mol. The number of rotatable bonds is 6. The second-order valence-corrected chi connectivity index (χ2v) is 6.31. The molecule has 21 heavy (non-hydrogen) atoms. The molecule has 0 aromatic heterocycles. The van der Waals surface area contributed by atoms with Crippen LogP contribution in [0.3, 0.4) is 0 Å². The Hall–Kier alpha value is -0.480. The fourth-order valence-electron chi connectivity index (χ4n) is 2.92. The summed E-state index contributed by atoms with van der Waals surface area (Å²) in [5.41, 5.74) is 0.715. The third kappa shape index (κ3) is 3.65. The highest BCUT2D eigenvalue weighted by Crippen LogP contribution is 2.42. The van der Waals surface area contributed by atoms with Gasteiger partial charge in [-0.15, -0.1) is 0 Å². The number of ether oxygens (including phenoxy) is 2. The van der Waals surface area contributed by atoms with Gasteiger partial charge in [0.1, 0.15) is 5.75 Å². The highest BCUT2D eigenvalue weighted by atomic mass is 35.5. The van der Waals surface area contributed by atoms with Gasteiger partial charge in [-0.05, 0) is 44.9 Å². The standard InChI is InChI=1S/C16H23Cl2NO2/c1-4-19-15(16(3)7-6-8-21-16)11-9-13(18)14(20-5-2)10-12(11)17/h9-10,15,19H,4-8H2,1-3H3. The molecule has 1 fully saturated rings. The van der Waals surface area contributed by atoms with E-state index in [2.05, 4.69) is 19.2 Å². The van der Waals surface area contributed by atoms with Crippen LogP contribution < -0.4 is 10.1 Å². The molecule has 0 saturated carbocycles. The molecule has 1 aromatic rings. The van der Waals surface area contributed by atoms with E-state index in [4.69, 9.17) is 32.7 Å². The number of halogens is 2. The molecule has 2 rings (SSSR count). The molecule has 3 nitrogen and oxygen atoms in total. The van der Waals surface area contributed by atoms with Crippen molar-refractivity contribution in [1.82, 2.24) is 5.32 Å². The van der Waals surface area contributed by atoms with Crippen LogP contribution >= 0.6 is 23.2 Å². The Labute approximate surface area is 136 Å². The SMILES string of the molecule is CCNC(c1cc(Cl)c(OCC)cc1Cl)C1(C)CCCO1. The summed E-state index contributed by atoms with van der Waals surface area (Å²) in [6, 6.07) is 3.71. The van der Waals surface area contributed by atoms with Gasteiger partial charge in [0.2, 0.25) is 0 Å². The molecule has 2 atom stereocenters. The van der Waals surface area contributed by atoms with Gasteiger partial charge in [0, 0.05) is 17.7 Å². The largest absolute Gasteiger partial charge is 0.492 e. The van der Waals surface area contributed by atoms with E-state index in [0.717, 1.165) is 31.6 Å². The summed E-state index contributed by atoms with van der Waals surface area (Å²) < 4.78 is 11.5. The van der Waals surface area contributed by atoms with Gasteiger partial charge in [0.05, 0.1) is 23.3 Å². The molecule has 1 aliphatic rings. The molecular formula is C16H23Cl2NO2. The van der Waals surface area contributed by atoms with Crippen LogP contribution in [0.4, 0.5) is 0 Å². The molecule has 0 amide bonds. The van der Waals surface area contributed by atoms with E-state index >= 15 is 0 Å². The molecule has 0 radical (unpaired) electrons. The van der Waals surface area contributed by atoms with Gasteiger partial charge in [0.15, 0.2) is 0 Å². The van der Waals surface area contributed by atoms with Crippen LogP contribution in [0.25, 0.3) is 0 Å². The Morgan fingerprint density at radius 2 is 2.10 bits per heavy atom. The van der Waals surface area contributed by atoms with E-state index in [1.807, 2.05) is 13.0 Å². The second kappa shape index (κ2) is 7.19. The zero-order chi connectivity index (χ0) is 15.5. The third-order valence-electron chi connectivity index (χ3n) is 3.93. The van der Waals surface area contributed by atoms with Gasteiger partial charge < -0.3 is 14.8 Å². The maximum absolute atomic E-state index is 6.47. The number of hydrogen-bond acceptors (Lipinski definition) is 3. The fraction of sp³-hybridized carbons (Fsp3) is 0.625. The number of nitrogens with one attached hydrogen (secondary N) is 1. The molecule has 0 aliphatic carbocycles. The average Bonchev–Trinajstić information content (AvgIpc) is 2.88. The van der Waals surface area contributed by atoms with Crippen molar-refractivity contribution < 1.29 is 9.47 Å². The molecule has 118 valence electrons. The lowest BCUT2D eigenvalue weighted by Crippen LogP contribution is -2.41. The van der Waals surface area contributed by atoms with Crippen molar-refractivity contribution in [3.63, 3.8) is 0 Å². The van der Waals surface area contributed by atoms with Gasteiger partial charge in [0.25, 0.3) is 0 Å². The minimum atomic E-state index is -0.254. The maximum Gasteiger partial charge on any atom is 0.139 e. The zero-order valence-electron chi connectivity index (χ0n) is 12.8. The summed E-state index contributed by atoms with van der Waals surface area (Å²) in [5.74, 6) is 0.626. The summed E-state index contributed by atoms with van der Waals surface area (Å²) in [4.78, 5) is 0. The first-order valence-corrected chi connectivity index (χ1v) is 8.26. The first kappa shape index (κ1) is 16.9. The topological polar surface area (TPSA) is 30.5 Å². The van der Waals surface area contributed by atoms with Crippen molar-refractivity contribution in [1.29, 1.82) is 0 Å². The van der Waals surface area contributed by atoms with E-state index < -0.39 is 0 Å². The third-order valence-corrected chi connectivity index (χ3v) is 4.55. The van der Waals surface area contributed by atoms with Crippen LogP contribution in [0.5, 0.6) is 5.75 Å². The van der Waals surface area contributed by atoms with E-state index in [9.17, 15) is 0 Å². The van der Waals surface area contributed by atoms with Crippen molar-refractivity contribution in [3.8, 4) is 5.75 Å². The Balaban J connectivity index is 2.38.